The third-order valence-electron chi connectivity index (χ3n) is 4.55. The van der Waals surface area contributed by atoms with Gasteiger partial charge in [-0.2, -0.15) is 0 Å². The maximum absolute atomic E-state index is 6.03. The van der Waals surface area contributed by atoms with Crippen molar-refractivity contribution in [1.29, 1.82) is 0 Å². The van der Waals surface area contributed by atoms with Crippen LogP contribution in [0, 0.1) is 11.8 Å². The van der Waals surface area contributed by atoms with Gasteiger partial charge in [0.2, 0.25) is 0 Å². The molecule has 0 aromatic heterocycles. The van der Waals surface area contributed by atoms with E-state index < -0.39 is 0 Å². The Balaban J connectivity index is 1.37. The largest absolute Gasteiger partial charge is 0.378 e. The second-order valence-corrected chi connectivity index (χ2v) is 6.16. The summed E-state index contributed by atoms with van der Waals surface area (Å²) in [6.07, 6.45) is 19.1. The molecule has 0 amide bonds. The first-order valence-electron chi connectivity index (χ1n) is 8.20. The first-order chi connectivity index (χ1) is 8.90. The zero-order chi connectivity index (χ0) is 12.6. The Hall–Kier alpha value is -0.300. The zero-order valence-corrected chi connectivity index (χ0v) is 12.1. The Labute approximate surface area is 113 Å². The minimum atomic E-state index is 0.560. The summed E-state index contributed by atoms with van der Waals surface area (Å²) < 4.78 is 6.03. The number of hydrogen-bond donors (Lipinski definition) is 0. The van der Waals surface area contributed by atoms with Gasteiger partial charge in [-0.15, -0.1) is 0 Å². The van der Waals surface area contributed by atoms with Gasteiger partial charge in [0.25, 0.3) is 0 Å². The van der Waals surface area contributed by atoms with Crippen molar-refractivity contribution < 1.29 is 4.74 Å². The zero-order valence-electron chi connectivity index (χ0n) is 12.1. The Morgan fingerprint density at radius 2 is 1.61 bits per heavy atom. The van der Waals surface area contributed by atoms with Crippen molar-refractivity contribution >= 4 is 0 Å². The SMILES string of the molecule is CCCCCCCCCCOC1CC2C=CC1C2. The highest BCUT2D eigenvalue weighted by Crippen LogP contribution is 2.40. The van der Waals surface area contributed by atoms with Gasteiger partial charge in [0.05, 0.1) is 6.10 Å². The molecule has 0 N–H and O–H groups in total. The molecule has 2 aliphatic rings. The standard InChI is InChI=1S/C17H30O/c1-2-3-4-5-6-7-8-9-12-18-17-14-15-10-11-16(17)13-15/h10-11,15-17H,2-9,12-14H2,1H3. The van der Waals surface area contributed by atoms with Crippen LogP contribution in [0.5, 0.6) is 0 Å². The van der Waals surface area contributed by atoms with Gasteiger partial charge in [0.15, 0.2) is 0 Å². The molecule has 104 valence electrons. The summed E-state index contributed by atoms with van der Waals surface area (Å²) in [4.78, 5) is 0. The van der Waals surface area contributed by atoms with Gasteiger partial charge in [-0.3, -0.25) is 0 Å². The number of allylic oxidation sites excluding steroid dienone is 1. The van der Waals surface area contributed by atoms with Crippen molar-refractivity contribution in [3.8, 4) is 0 Å². The highest BCUT2D eigenvalue weighted by atomic mass is 16.5. The second kappa shape index (κ2) is 7.99. The van der Waals surface area contributed by atoms with Crippen molar-refractivity contribution in [3.63, 3.8) is 0 Å². The van der Waals surface area contributed by atoms with E-state index in [-0.39, 0.29) is 0 Å². The van der Waals surface area contributed by atoms with E-state index in [9.17, 15) is 0 Å². The third kappa shape index (κ3) is 4.42. The molecule has 2 aliphatic carbocycles. The molecular formula is C17H30O. The van der Waals surface area contributed by atoms with Gasteiger partial charge >= 0.3 is 0 Å². The van der Waals surface area contributed by atoms with Crippen LogP contribution >= 0.6 is 0 Å². The normalized spacial score (nSPS) is 29.3. The lowest BCUT2D eigenvalue weighted by molar-refractivity contribution is 0.0342. The number of rotatable bonds is 10. The summed E-state index contributed by atoms with van der Waals surface area (Å²) in [5.74, 6) is 1.60. The van der Waals surface area contributed by atoms with Crippen LogP contribution in [0.3, 0.4) is 0 Å². The van der Waals surface area contributed by atoms with Gasteiger partial charge in [-0.1, -0.05) is 64.0 Å². The third-order valence-corrected chi connectivity index (χ3v) is 4.55. The summed E-state index contributed by atoms with van der Waals surface area (Å²) in [5, 5.41) is 0. The summed E-state index contributed by atoms with van der Waals surface area (Å²) in [5.41, 5.74) is 0. The lowest BCUT2D eigenvalue weighted by Gasteiger charge is -2.18. The van der Waals surface area contributed by atoms with Crippen LogP contribution in [0.25, 0.3) is 0 Å². The molecule has 1 saturated carbocycles. The molecular weight excluding hydrogens is 220 g/mol. The Morgan fingerprint density at radius 1 is 0.889 bits per heavy atom. The molecule has 2 rings (SSSR count). The highest BCUT2D eigenvalue weighted by Gasteiger charge is 2.35. The van der Waals surface area contributed by atoms with Gasteiger partial charge in [0.1, 0.15) is 0 Å². The van der Waals surface area contributed by atoms with Crippen LogP contribution in [0.15, 0.2) is 12.2 Å². The molecule has 0 aromatic carbocycles. The quantitative estimate of drug-likeness (QED) is 0.387. The maximum Gasteiger partial charge on any atom is 0.0643 e. The van der Waals surface area contributed by atoms with E-state index in [1.165, 1.54) is 64.2 Å². The molecule has 3 atom stereocenters. The van der Waals surface area contributed by atoms with Gasteiger partial charge in [-0.05, 0) is 25.2 Å². The summed E-state index contributed by atoms with van der Waals surface area (Å²) in [7, 11) is 0. The minimum Gasteiger partial charge on any atom is -0.378 e. The van der Waals surface area contributed by atoms with E-state index in [1.54, 1.807) is 0 Å². The number of fused-ring (bicyclic) bond motifs is 2. The van der Waals surface area contributed by atoms with Crippen LogP contribution in [0.1, 0.15) is 71.1 Å². The monoisotopic (exact) mass is 250 g/mol. The summed E-state index contributed by atoms with van der Waals surface area (Å²) >= 11 is 0. The Bertz CT molecular complexity index is 246. The first-order valence-corrected chi connectivity index (χ1v) is 8.20. The predicted octanol–water partition coefficient (Wildman–Crippen LogP) is 5.11. The molecule has 18 heavy (non-hydrogen) atoms. The van der Waals surface area contributed by atoms with E-state index in [1.807, 2.05) is 0 Å². The van der Waals surface area contributed by atoms with Crippen LogP contribution in [0.4, 0.5) is 0 Å². The van der Waals surface area contributed by atoms with Gasteiger partial charge < -0.3 is 4.74 Å². The molecule has 0 saturated heterocycles. The van der Waals surface area contributed by atoms with E-state index in [0.29, 0.717) is 6.10 Å². The van der Waals surface area contributed by atoms with Gasteiger partial charge in [-0.25, -0.2) is 0 Å². The number of ether oxygens (including phenoxy) is 1. The summed E-state index contributed by atoms with van der Waals surface area (Å²) in [6.45, 7) is 3.28. The van der Waals surface area contributed by atoms with Gasteiger partial charge in [0, 0.05) is 12.5 Å². The molecule has 1 heteroatoms. The van der Waals surface area contributed by atoms with Crippen molar-refractivity contribution in [3.05, 3.63) is 12.2 Å². The van der Waals surface area contributed by atoms with Crippen molar-refractivity contribution in [2.24, 2.45) is 11.8 Å². The molecule has 0 spiro atoms. The lowest BCUT2D eigenvalue weighted by atomic mass is 10.0. The number of unbranched alkanes of at least 4 members (excludes halogenated alkanes) is 7. The average Bonchev–Trinajstić information content (AvgIpc) is 2.99. The fraction of sp³-hybridized carbons (Fsp3) is 0.882. The molecule has 0 aliphatic heterocycles. The lowest BCUT2D eigenvalue weighted by Crippen LogP contribution is -2.18. The van der Waals surface area contributed by atoms with E-state index >= 15 is 0 Å². The molecule has 1 nitrogen and oxygen atoms in total. The van der Waals surface area contributed by atoms with Crippen LogP contribution < -0.4 is 0 Å². The fourth-order valence-electron chi connectivity index (χ4n) is 3.39. The minimum absolute atomic E-state index is 0.560. The maximum atomic E-state index is 6.03. The molecule has 3 unspecified atom stereocenters. The molecule has 1 fully saturated rings. The van der Waals surface area contributed by atoms with Crippen molar-refractivity contribution in [2.75, 3.05) is 6.61 Å². The predicted molar refractivity (Wildman–Crippen MR) is 77.7 cm³/mol. The van der Waals surface area contributed by atoms with E-state index in [0.717, 1.165) is 18.4 Å². The fourth-order valence-corrected chi connectivity index (χ4v) is 3.39. The molecule has 0 radical (unpaired) electrons. The van der Waals surface area contributed by atoms with E-state index in [2.05, 4.69) is 19.1 Å². The van der Waals surface area contributed by atoms with Crippen LogP contribution in [-0.4, -0.2) is 12.7 Å². The second-order valence-electron chi connectivity index (χ2n) is 6.16. The average molecular weight is 250 g/mol. The molecule has 2 bridgehead atoms. The smallest absolute Gasteiger partial charge is 0.0643 e. The van der Waals surface area contributed by atoms with Crippen molar-refractivity contribution in [1.82, 2.24) is 0 Å². The molecule has 0 aromatic rings. The Kier molecular flexibility index (Phi) is 6.26. The highest BCUT2D eigenvalue weighted by molar-refractivity contribution is 5.10. The van der Waals surface area contributed by atoms with Crippen LogP contribution in [-0.2, 0) is 4.74 Å². The Morgan fingerprint density at radius 3 is 2.22 bits per heavy atom. The number of hydrogen-bond acceptors (Lipinski definition) is 1. The summed E-state index contributed by atoms with van der Waals surface area (Å²) in [6, 6.07) is 0. The molecule has 0 heterocycles. The van der Waals surface area contributed by atoms with Crippen molar-refractivity contribution in [2.45, 2.75) is 77.2 Å². The first kappa shape index (κ1) is 14.1. The topological polar surface area (TPSA) is 9.23 Å². The van der Waals surface area contributed by atoms with E-state index in [4.69, 9.17) is 4.74 Å². The van der Waals surface area contributed by atoms with Crippen LogP contribution in [0.2, 0.25) is 0 Å².